The molecule has 1 aromatic carbocycles. The van der Waals surface area contributed by atoms with E-state index in [0.29, 0.717) is 16.9 Å². The number of ketones is 1. The van der Waals surface area contributed by atoms with Gasteiger partial charge in [-0.2, -0.15) is 0 Å². The molecule has 7 nitrogen and oxygen atoms in total. The number of aromatic nitrogens is 2. The number of carbonyl (C=O) groups is 2. The first-order chi connectivity index (χ1) is 16.3. The fraction of sp³-hybridized carbons (Fsp3) is 0.259. The first-order valence-electron chi connectivity index (χ1n) is 11.1. The number of hydrogen-bond donors (Lipinski definition) is 1. The number of pyridine rings is 2. The smallest absolute Gasteiger partial charge is 0.295 e. The second kappa shape index (κ2) is 9.47. The Labute approximate surface area is 198 Å². The molecule has 34 heavy (non-hydrogen) atoms. The molecule has 0 spiro atoms. The van der Waals surface area contributed by atoms with Gasteiger partial charge in [0.2, 0.25) is 0 Å². The number of amides is 1. The number of hydrogen-bond acceptors (Lipinski definition) is 6. The van der Waals surface area contributed by atoms with Gasteiger partial charge in [0.25, 0.3) is 11.7 Å². The van der Waals surface area contributed by atoms with Crippen molar-refractivity contribution >= 4 is 17.4 Å². The molecule has 0 saturated carbocycles. The SMILES string of the molecule is COc1cc(C)c(/C(O)=C2\C(=O)C(=O)N(Cc3cccnc3)C2c2cccnc2)cc1C(C)C. The van der Waals surface area contributed by atoms with Crippen LogP contribution < -0.4 is 4.74 Å². The summed E-state index contributed by atoms with van der Waals surface area (Å²) in [5, 5.41) is 11.5. The molecule has 1 unspecified atom stereocenters. The Morgan fingerprint density at radius 3 is 2.41 bits per heavy atom. The Bertz CT molecular complexity index is 1250. The Balaban J connectivity index is 1.90. The third kappa shape index (κ3) is 4.17. The lowest BCUT2D eigenvalue weighted by Gasteiger charge is -2.25. The van der Waals surface area contributed by atoms with E-state index in [4.69, 9.17) is 4.74 Å². The van der Waals surface area contributed by atoms with Gasteiger partial charge >= 0.3 is 0 Å². The standard InChI is InChI=1S/C27H27N3O4/c1-16(2)20-12-21(17(3)11-22(20)34-4)25(31)23-24(19-8-6-10-29-14-19)30(27(33)26(23)32)15-18-7-5-9-28-13-18/h5-14,16,24,31H,15H2,1-4H3/b25-23+. The lowest BCUT2D eigenvalue weighted by Crippen LogP contribution is -2.29. The van der Waals surface area contributed by atoms with Gasteiger partial charge in [0.15, 0.2) is 0 Å². The highest BCUT2D eigenvalue weighted by molar-refractivity contribution is 6.46. The zero-order valence-electron chi connectivity index (χ0n) is 19.6. The quantitative estimate of drug-likeness (QED) is 0.332. The molecule has 0 aliphatic carbocycles. The average molecular weight is 458 g/mol. The highest BCUT2D eigenvalue weighted by Crippen LogP contribution is 2.41. The predicted octanol–water partition coefficient (Wildman–Crippen LogP) is 4.54. The van der Waals surface area contributed by atoms with E-state index in [1.807, 2.05) is 39.0 Å². The molecular formula is C27H27N3O4. The molecule has 1 aliphatic heterocycles. The molecule has 3 aromatic rings. The molecule has 1 amide bonds. The molecule has 1 fully saturated rings. The van der Waals surface area contributed by atoms with Crippen LogP contribution in [0, 0.1) is 6.92 Å². The maximum absolute atomic E-state index is 13.3. The van der Waals surface area contributed by atoms with Crippen molar-refractivity contribution in [1.82, 2.24) is 14.9 Å². The van der Waals surface area contributed by atoms with Crippen molar-refractivity contribution < 1.29 is 19.4 Å². The van der Waals surface area contributed by atoms with Gasteiger partial charge in [-0.05, 0) is 59.4 Å². The Kier molecular flexibility index (Phi) is 6.45. The van der Waals surface area contributed by atoms with Gasteiger partial charge in [-0.25, -0.2) is 0 Å². The van der Waals surface area contributed by atoms with Crippen molar-refractivity contribution in [1.29, 1.82) is 0 Å². The summed E-state index contributed by atoms with van der Waals surface area (Å²) < 4.78 is 5.52. The van der Waals surface area contributed by atoms with E-state index in [1.165, 1.54) is 4.90 Å². The Morgan fingerprint density at radius 1 is 1.12 bits per heavy atom. The normalized spacial score (nSPS) is 17.4. The highest BCUT2D eigenvalue weighted by Gasteiger charge is 2.46. The Hall–Kier alpha value is -4.00. The maximum atomic E-state index is 13.3. The summed E-state index contributed by atoms with van der Waals surface area (Å²) in [7, 11) is 1.60. The van der Waals surface area contributed by atoms with Gasteiger partial charge in [0.1, 0.15) is 11.5 Å². The van der Waals surface area contributed by atoms with Crippen LogP contribution in [-0.4, -0.2) is 38.8 Å². The first-order valence-corrected chi connectivity index (χ1v) is 11.1. The van der Waals surface area contributed by atoms with E-state index in [-0.39, 0.29) is 23.8 Å². The third-order valence-corrected chi connectivity index (χ3v) is 6.07. The summed E-state index contributed by atoms with van der Waals surface area (Å²) in [5.41, 5.74) is 3.60. The van der Waals surface area contributed by atoms with Crippen LogP contribution in [0.15, 0.2) is 66.8 Å². The summed E-state index contributed by atoms with van der Waals surface area (Å²) in [5.74, 6) is -0.761. The van der Waals surface area contributed by atoms with Crippen molar-refractivity contribution in [3.05, 3.63) is 94.6 Å². The minimum Gasteiger partial charge on any atom is -0.507 e. The van der Waals surface area contributed by atoms with Gasteiger partial charge < -0.3 is 14.7 Å². The Morgan fingerprint density at radius 2 is 1.82 bits per heavy atom. The van der Waals surface area contributed by atoms with E-state index in [9.17, 15) is 14.7 Å². The van der Waals surface area contributed by atoms with Crippen LogP contribution in [-0.2, 0) is 16.1 Å². The van der Waals surface area contributed by atoms with Crippen LogP contribution in [0.4, 0.5) is 0 Å². The first kappa shape index (κ1) is 23.2. The van der Waals surface area contributed by atoms with Gasteiger partial charge in [-0.1, -0.05) is 26.0 Å². The number of Topliss-reactive ketones (excluding diaryl/α,β-unsaturated/α-hetero) is 1. The number of rotatable bonds is 6. The number of ether oxygens (including phenoxy) is 1. The lowest BCUT2D eigenvalue weighted by atomic mass is 9.91. The molecule has 1 saturated heterocycles. The summed E-state index contributed by atoms with van der Waals surface area (Å²) in [6.45, 7) is 6.07. The lowest BCUT2D eigenvalue weighted by molar-refractivity contribution is -0.140. The van der Waals surface area contributed by atoms with Crippen molar-refractivity contribution in [2.24, 2.45) is 0 Å². The number of methoxy groups -OCH3 is 1. The van der Waals surface area contributed by atoms with E-state index in [0.717, 1.165) is 16.7 Å². The number of nitrogens with zero attached hydrogens (tertiary/aromatic N) is 3. The monoisotopic (exact) mass is 457 g/mol. The van der Waals surface area contributed by atoms with E-state index in [2.05, 4.69) is 9.97 Å². The zero-order valence-corrected chi connectivity index (χ0v) is 19.6. The van der Waals surface area contributed by atoms with Crippen LogP contribution in [0.2, 0.25) is 0 Å². The summed E-state index contributed by atoms with van der Waals surface area (Å²) in [4.78, 5) is 36.2. The molecule has 3 heterocycles. The minimum absolute atomic E-state index is 0.0462. The number of aliphatic hydroxyl groups is 1. The predicted molar refractivity (Wildman–Crippen MR) is 128 cm³/mol. The molecule has 0 bridgehead atoms. The molecule has 1 atom stereocenters. The molecule has 4 rings (SSSR count). The van der Waals surface area contributed by atoms with Crippen molar-refractivity contribution in [3.8, 4) is 5.75 Å². The van der Waals surface area contributed by atoms with Crippen LogP contribution >= 0.6 is 0 Å². The van der Waals surface area contributed by atoms with Crippen LogP contribution in [0.3, 0.4) is 0 Å². The molecule has 174 valence electrons. The molecule has 1 N–H and O–H groups in total. The minimum atomic E-state index is -0.780. The summed E-state index contributed by atoms with van der Waals surface area (Å²) in [6.07, 6.45) is 6.54. The number of aliphatic hydroxyl groups excluding tert-OH is 1. The topological polar surface area (TPSA) is 92.6 Å². The van der Waals surface area contributed by atoms with Gasteiger partial charge in [-0.15, -0.1) is 0 Å². The van der Waals surface area contributed by atoms with Gasteiger partial charge in [0.05, 0.1) is 18.7 Å². The fourth-order valence-electron chi connectivity index (χ4n) is 4.34. The zero-order chi connectivity index (χ0) is 24.4. The molecular weight excluding hydrogens is 430 g/mol. The molecule has 7 heteroatoms. The molecule has 1 aliphatic rings. The van der Waals surface area contributed by atoms with Crippen molar-refractivity contribution in [2.45, 2.75) is 39.3 Å². The fourth-order valence-corrected chi connectivity index (χ4v) is 4.34. The second-order valence-corrected chi connectivity index (χ2v) is 8.64. The average Bonchev–Trinajstić information content (AvgIpc) is 3.09. The largest absolute Gasteiger partial charge is 0.507 e. The molecule has 0 radical (unpaired) electrons. The van der Waals surface area contributed by atoms with Crippen LogP contribution in [0.1, 0.15) is 53.6 Å². The number of benzene rings is 1. The van der Waals surface area contributed by atoms with E-state index < -0.39 is 17.7 Å². The summed E-state index contributed by atoms with van der Waals surface area (Å²) >= 11 is 0. The second-order valence-electron chi connectivity index (χ2n) is 8.64. The number of carbonyl (C=O) groups excluding carboxylic acids is 2. The maximum Gasteiger partial charge on any atom is 0.295 e. The van der Waals surface area contributed by atoms with Crippen LogP contribution in [0.5, 0.6) is 5.75 Å². The van der Waals surface area contributed by atoms with Gasteiger partial charge in [0, 0.05) is 36.9 Å². The van der Waals surface area contributed by atoms with E-state index >= 15 is 0 Å². The van der Waals surface area contributed by atoms with Crippen molar-refractivity contribution in [3.63, 3.8) is 0 Å². The van der Waals surface area contributed by atoms with E-state index in [1.54, 1.807) is 50.1 Å². The third-order valence-electron chi connectivity index (χ3n) is 6.07. The van der Waals surface area contributed by atoms with Gasteiger partial charge in [-0.3, -0.25) is 19.6 Å². The van der Waals surface area contributed by atoms with Crippen molar-refractivity contribution in [2.75, 3.05) is 7.11 Å². The number of likely N-dealkylation sites (tertiary alicyclic amines) is 1. The summed E-state index contributed by atoms with van der Waals surface area (Å²) in [6, 6.07) is 10.1. The highest BCUT2D eigenvalue weighted by atomic mass is 16.5. The number of aryl methyl sites for hydroxylation is 1. The van der Waals surface area contributed by atoms with Crippen LogP contribution in [0.25, 0.3) is 5.76 Å². The molecule has 2 aromatic heterocycles.